The summed E-state index contributed by atoms with van der Waals surface area (Å²) in [5.74, 6) is -2.21. The molecule has 8 heteroatoms. The van der Waals surface area contributed by atoms with Gasteiger partial charge in [-0.2, -0.15) is 0 Å². The maximum absolute atomic E-state index is 13.2. The number of halogens is 2. The number of rotatable bonds is 8. The predicted octanol–water partition coefficient (Wildman–Crippen LogP) is 2.22. The summed E-state index contributed by atoms with van der Waals surface area (Å²) in [6.07, 6.45) is 0.617. The SMILES string of the molecule is O=C(NCCCOCCO)c1csc(-c2ccc(F)c(F)c2)n1. The van der Waals surface area contributed by atoms with Crippen molar-refractivity contribution in [2.75, 3.05) is 26.4 Å². The highest BCUT2D eigenvalue weighted by atomic mass is 32.1. The van der Waals surface area contributed by atoms with Crippen LogP contribution in [0.25, 0.3) is 10.6 Å². The van der Waals surface area contributed by atoms with E-state index in [0.29, 0.717) is 30.1 Å². The van der Waals surface area contributed by atoms with Gasteiger partial charge in [-0.25, -0.2) is 13.8 Å². The highest BCUT2D eigenvalue weighted by Gasteiger charge is 2.12. The second kappa shape index (κ2) is 8.66. The summed E-state index contributed by atoms with van der Waals surface area (Å²) in [5.41, 5.74) is 0.649. The van der Waals surface area contributed by atoms with Gasteiger partial charge in [0, 0.05) is 24.1 Å². The molecular formula is C15H16F2N2O3S. The summed E-state index contributed by atoms with van der Waals surface area (Å²) in [6, 6.07) is 3.49. The minimum atomic E-state index is -0.952. The Balaban J connectivity index is 1.88. The van der Waals surface area contributed by atoms with Gasteiger partial charge in [0.05, 0.1) is 13.2 Å². The molecule has 0 aliphatic heterocycles. The van der Waals surface area contributed by atoms with Crippen LogP contribution in [0.1, 0.15) is 16.9 Å². The van der Waals surface area contributed by atoms with Gasteiger partial charge in [-0.3, -0.25) is 4.79 Å². The van der Waals surface area contributed by atoms with E-state index >= 15 is 0 Å². The fourth-order valence-electron chi connectivity index (χ4n) is 1.77. The number of ether oxygens (including phenoxy) is 1. The average molecular weight is 342 g/mol. The highest BCUT2D eigenvalue weighted by molar-refractivity contribution is 7.13. The van der Waals surface area contributed by atoms with E-state index in [1.54, 1.807) is 5.38 Å². The van der Waals surface area contributed by atoms with Crippen molar-refractivity contribution in [1.82, 2.24) is 10.3 Å². The number of aliphatic hydroxyl groups excluding tert-OH is 1. The van der Waals surface area contributed by atoms with E-state index < -0.39 is 11.6 Å². The van der Waals surface area contributed by atoms with Crippen LogP contribution in [0, 0.1) is 11.6 Å². The molecule has 23 heavy (non-hydrogen) atoms. The number of aliphatic hydroxyl groups is 1. The molecule has 124 valence electrons. The second-order valence-electron chi connectivity index (χ2n) is 4.61. The molecular weight excluding hydrogens is 326 g/mol. The number of nitrogens with zero attached hydrogens (tertiary/aromatic N) is 1. The summed E-state index contributed by atoms with van der Waals surface area (Å²) in [6.45, 7) is 1.11. The molecule has 5 nitrogen and oxygen atoms in total. The third-order valence-electron chi connectivity index (χ3n) is 2.89. The molecule has 0 unspecified atom stereocenters. The van der Waals surface area contributed by atoms with Gasteiger partial charge in [-0.1, -0.05) is 0 Å². The van der Waals surface area contributed by atoms with E-state index in [1.807, 2.05) is 0 Å². The number of hydrogen-bond acceptors (Lipinski definition) is 5. The Morgan fingerprint density at radius 3 is 2.87 bits per heavy atom. The molecule has 1 aromatic carbocycles. The van der Waals surface area contributed by atoms with E-state index in [1.165, 1.54) is 17.4 Å². The van der Waals surface area contributed by atoms with Crippen LogP contribution in [0.5, 0.6) is 0 Å². The summed E-state index contributed by atoms with van der Waals surface area (Å²) < 4.78 is 31.2. The molecule has 0 bridgehead atoms. The maximum Gasteiger partial charge on any atom is 0.270 e. The lowest BCUT2D eigenvalue weighted by atomic mass is 10.2. The van der Waals surface area contributed by atoms with Gasteiger partial charge in [-0.05, 0) is 24.6 Å². The monoisotopic (exact) mass is 342 g/mol. The van der Waals surface area contributed by atoms with Crippen molar-refractivity contribution in [3.05, 3.63) is 40.9 Å². The zero-order chi connectivity index (χ0) is 16.7. The Kier molecular flexibility index (Phi) is 6.57. The fourth-order valence-corrected chi connectivity index (χ4v) is 2.57. The van der Waals surface area contributed by atoms with Gasteiger partial charge >= 0.3 is 0 Å². The number of benzene rings is 1. The first-order valence-corrected chi connectivity index (χ1v) is 7.87. The molecule has 0 spiro atoms. The first kappa shape index (κ1) is 17.5. The number of aromatic nitrogens is 1. The van der Waals surface area contributed by atoms with Gasteiger partial charge in [0.25, 0.3) is 5.91 Å². The fraction of sp³-hybridized carbons (Fsp3) is 0.333. The van der Waals surface area contributed by atoms with Crippen LogP contribution < -0.4 is 5.32 Å². The molecule has 0 atom stereocenters. The van der Waals surface area contributed by atoms with E-state index in [9.17, 15) is 13.6 Å². The van der Waals surface area contributed by atoms with Gasteiger partial charge in [0.2, 0.25) is 0 Å². The standard InChI is InChI=1S/C15H16F2N2O3S/c16-11-3-2-10(8-12(11)17)15-19-13(9-23-15)14(21)18-4-1-6-22-7-5-20/h2-3,8-9,20H,1,4-7H2,(H,18,21). The van der Waals surface area contributed by atoms with E-state index in [2.05, 4.69) is 10.3 Å². The third-order valence-corrected chi connectivity index (χ3v) is 3.78. The molecule has 2 aromatic rings. The van der Waals surface area contributed by atoms with Crippen LogP contribution >= 0.6 is 11.3 Å². The average Bonchev–Trinajstić information content (AvgIpc) is 3.03. The number of carbonyl (C=O) groups is 1. The smallest absolute Gasteiger partial charge is 0.270 e. The second-order valence-corrected chi connectivity index (χ2v) is 5.47. The van der Waals surface area contributed by atoms with Crippen molar-refractivity contribution >= 4 is 17.2 Å². The van der Waals surface area contributed by atoms with Gasteiger partial charge < -0.3 is 15.2 Å². The highest BCUT2D eigenvalue weighted by Crippen LogP contribution is 2.25. The van der Waals surface area contributed by atoms with Crippen molar-refractivity contribution in [3.63, 3.8) is 0 Å². The first-order valence-electron chi connectivity index (χ1n) is 6.99. The quantitative estimate of drug-likeness (QED) is 0.722. The van der Waals surface area contributed by atoms with Crippen LogP contribution in [0.2, 0.25) is 0 Å². The zero-order valence-corrected chi connectivity index (χ0v) is 13.0. The largest absolute Gasteiger partial charge is 0.394 e. The molecule has 0 aliphatic carbocycles. The van der Waals surface area contributed by atoms with E-state index in [-0.39, 0.29) is 24.8 Å². The Hall–Kier alpha value is -1.90. The van der Waals surface area contributed by atoms with Crippen molar-refractivity contribution in [3.8, 4) is 10.6 Å². The lowest BCUT2D eigenvalue weighted by Crippen LogP contribution is -2.25. The van der Waals surface area contributed by atoms with Crippen molar-refractivity contribution in [2.45, 2.75) is 6.42 Å². The summed E-state index contributed by atoms with van der Waals surface area (Å²) >= 11 is 1.18. The van der Waals surface area contributed by atoms with Gasteiger partial charge in [-0.15, -0.1) is 11.3 Å². The van der Waals surface area contributed by atoms with Gasteiger partial charge in [0.1, 0.15) is 10.7 Å². The third kappa shape index (κ3) is 5.05. The normalized spacial score (nSPS) is 10.7. The van der Waals surface area contributed by atoms with E-state index in [0.717, 1.165) is 12.1 Å². The molecule has 1 amide bonds. The number of amides is 1. The summed E-state index contributed by atoms with van der Waals surface area (Å²) in [7, 11) is 0. The lowest BCUT2D eigenvalue weighted by Gasteiger charge is -2.03. The topological polar surface area (TPSA) is 71.5 Å². The number of thiazole rings is 1. The van der Waals surface area contributed by atoms with E-state index in [4.69, 9.17) is 9.84 Å². The molecule has 2 N–H and O–H groups in total. The molecule has 1 aromatic heterocycles. The van der Waals surface area contributed by atoms with Crippen LogP contribution in [0.3, 0.4) is 0 Å². The Morgan fingerprint density at radius 2 is 2.13 bits per heavy atom. The minimum absolute atomic E-state index is 0.0298. The molecule has 0 saturated heterocycles. The predicted molar refractivity (Wildman–Crippen MR) is 82.3 cm³/mol. The number of nitrogens with one attached hydrogen (secondary N) is 1. The summed E-state index contributed by atoms with van der Waals surface area (Å²) in [4.78, 5) is 16.0. The van der Waals surface area contributed by atoms with Crippen LogP contribution in [-0.2, 0) is 4.74 Å². The van der Waals surface area contributed by atoms with Crippen LogP contribution in [0.15, 0.2) is 23.6 Å². The molecule has 0 aliphatic rings. The van der Waals surface area contributed by atoms with Crippen LogP contribution in [0.4, 0.5) is 8.78 Å². The Morgan fingerprint density at radius 1 is 1.30 bits per heavy atom. The number of carbonyl (C=O) groups excluding carboxylic acids is 1. The minimum Gasteiger partial charge on any atom is -0.394 e. The molecule has 1 heterocycles. The first-order chi connectivity index (χ1) is 11.1. The summed E-state index contributed by atoms with van der Waals surface area (Å²) in [5, 5.41) is 13.2. The Labute approximate surface area is 135 Å². The zero-order valence-electron chi connectivity index (χ0n) is 12.2. The maximum atomic E-state index is 13.2. The van der Waals surface area contributed by atoms with Crippen LogP contribution in [-0.4, -0.2) is 42.4 Å². The van der Waals surface area contributed by atoms with Crippen molar-refractivity contribution in [2.24, 2.45) is 0 Å². The Bertz CT molecular complexity index is 664. The molecule has 0 fully saturated rings. The van der Waals surface area contributed by atoms with Crippen molar-refractivity contribution in [1.29, 1.82) is 0 Å². The lowest BCUT2D eigenvalue weighted by molar-refractivity contribution is 0.0866. The molecule has 2 rings (SSSR count). The van der Waals surface area contributed by atoms with Crippen molar-refractivity contribution < 1.29 is 23.4 Å². The van der Waals surface area contributed by atoms with Gasteiger partial charge in [0.15, 0.2) is 11.6 Å². The molecule has 0 radical (unpaired) electrons. The molecule has 0 saturated carbocycles. The number of hydrogen-bond donors (Lipinski definition) is 2.